The summed E-state index contributed by atoms with van der Waals surface area (Å²) < 4.78 is 29.0. The van der Waals surface area contributed by atoms with Gasteiger partial charge in [-0.1, -0.05) is 24.3 Å². The minimum atomic E-state index is -0.376. The zero-order chi connectivity index (χ0) is 19.6. The topological polar surface area (TPSA) is 46.9 Å². The van der Waals surface area contributed by atoms with Gasteiger partial charge >= 0.3 is 0 Å². The zero-order valence-corrected chi connectivity index (χ0v) is 15.5. The average molecular weight is 369 g/mol. The van der Waals surface area contributed by atoms with E-state index in [4.69, 9.17) is 0 Å². The van der Waals surface area contributed by atoms with E-state index in [1.54, 1.807) is 44.2 Å². The molecule has 0 saturated heterocycles. The van der Waals surface area contributed by atoms with Gasteiger partial charge in [0.2, 0.25) is 5.91 Å². The zero-order valence-electron chi connectivity index (χ0n) is 15.5. The fraction of sp³-hybridized carbons (Fsp3) is 0.238. The molecule has 3 aromatic rings. The quantitative estimate of drug-likeness (QED) is 0.733. The Morgan fingerprint density at radius 3 is 2.59 bits per heavy atom. The molecule has 1 N–H and O–H groups in total. The third kappa shape index (κ3) is 4.05. The van der Waals surface area contributed by atoms with Crippen LogP contribution in [-0.2, 0) is 11.2 Å². The molecule has 3 rings (SSSR count). The summed E-state index contributed by atoms with van der Waals surface area (Å²) in [4.78, 5) is 12.5. The van der Waals surface area contributed by atoms with Gasteiger partial charge in [0.25, 0.3) is 0 Å². The normalized spacial score (nSPS) is 12.0. The second-order valence-corrected chi connectivity index (χ2v) is 6.53. The summed E-state index contributed by atoms with van der Waals surface area (Å²) in [6.45, 7) is 5.41. The van der Waals surface area contributed by atoms with Crippen LogP contribution in [0.3, 0.4) is 0 Å². The van der Waals surface area contributed by atoms with Crippen LogP contribution in [0.4, 0.5) is 8.78 Å². The summed E-state index contributed by atoms with van der Waals surface area (Å²) in [6, 6.07) is 12.2. The number of halogens is 2. The van der Waals surface area contributed by atoms with Gasteiger partial charge < -0.3 is 5.32 Å². The van der Waals surface area contributed by atoms with Crippen molar-refractivity contribution in [3.05, 3.63) is 82.7 Å². The van der Waals surface area contributed by atoms with Gasteiger partial charge in [0, 0.05) is 11.3 Å². The SMILES string of the molecule is Cc1nn(-c2ccccc2F)c(C)c1CC(=O)N[C@@H](C)c1cccc(F)c1. The van der Waals surface area contributed by atoms with Crippen molar-refractivity contribution in [1.29, 1.82) is 0 Å². The Labute approximate surface area is 156 Å². The Hall–Kier alpha value is -3.02. The highest BCUT2D eigenvalue weighted by molar-refractivity contribution is 5.79. The molecule has 6 heteroatoms. The van der Waals surface area contributed by atoms with E-state index in [9.17, 15) is 13.6 Å². The van der Waals surface area contributed by atoms with E-state index in [0.717, 1.165) is 5.56 Å². The van der Waals surface area contributed by atoms with E-state index < -0.39 is 0 Å². The second kappa shape index (κ2) is 7.70. The molecule has 0 radical (unpaired) electrons. The number of aromatic nitrogens is 2. The minimum Gasteiger partial charge on any atom is -0.349 e. The first-order chi connectivity index (χ1) is 12.9. The summed E-state index contributed by atoms with van der Waals surface area (Å²) in [5, 5.41) is 7.26. The molecule has 0 spiro atoms. The predicted molar refractivity (Wildman–Crippen MR) is 99.7 cm³/mol. The number of para-hydroxylation sites is 1. The Balaban J connectivity index is 1.78. The van der Waals surface area contributed by atoms with E-state index >= 15 is 0 Å². The number of hydrogen-bond acceptors (Lipinski definition) is 2. The van der Waals surface area contributed by atoms with Crippen molar-refractivity contribution >= 4 is 5.91 Å². The Bertz CT molecular complexity index is 981. The molecule has 0 aliphatic heterocycles. The number of carbonyl (C=O) groups excluding carboxylic acids is 1. The maximum absolute atomic E-state index is 14.1. The molecular weight excluding hydrogens is 348 g/mol. The van der Waals surface area contributed by atoms with E-state index in [-0.39, 0.29) is 30.0 Å². The smallest absolute Gasteiger partial charge is 0.225 e. The lowest BCUT2D eigenvalue weighted by atomic mass is 10.1. The van der Waals surface area contributed by atoms with Gasteiger partial charge in [-0.3, -0.25) is 4.79 Å². The van der Waals surface area contributed by atoms with Gasteiger partial charge in [-0.05, 0) is 50.6 Å². The van der Waals surface area contributed by atoms with Gasteiger partial charge in [-0.2, -0.15) is 5.10 Å². The van der Waals surface area contributed by atoms with Crippen molar-refractivity contribution in [2.45, 2.75) is 33.2 Å². The van der Waals surface area contributed by atoms with Crippen molar-refractivity contribution in [3.63, 3.8) is 0 Å². The summed E-state index contributed by atoms with van der Waals surface area (Å²) in [7, 11) is 0. The number of carbonyl (C=O) groups is 1. The summed E-state index contributed by atoms with van der Waals surface area (Å²) >= 11 is 0. The van der Waals surface area contributed by atoms with Crippen molar-refractivity contribution in [2.24, 2.45) is 0 Å². The van der Waals surface area contributed by atoms with Gasteiger partial charge in [0.15, 0.2) is 0 Å². The van der Waals surface area contributed by atoms with Crippen molar-refractivity contribution in [3.8, 4) is 5.69 Å². The van der Waals surface area contributed by atoms with Crippen LogP contribution in [-0.4, -0.2) is 15.7 Å². The summed E-state index contributed by atoms with van der Waals surface area (Å²) in [5.41, 5.74) is 3.18. The molecule has 1 heterocycles. The first kappa shape index (κ1) is 18.8. The van der Waals surface area contributed by atoms with Crippen molar-refractivity contribution < 1.29 is 13.6 Å². The molecule has 1 atom stereocenters. The van der Waals surface area contributed by atoms with Crippen LogP contribution in [0.15, 0.2) is 48.5 Å². The lowest BCUT2D eigenvalue weighted by Gasteiger charge is -2.14. The average Bonchev–Trinajstić information content (AvgIpc) is 2.90. The van der Waals surface area contributed by atoms with Crippen LogP contribution >= 0.6 is 0 Å². The molecule has 2 aromatic carbocycles. The van der Waals surface area contributed by atoms with Crippen molar-refractivity contribution in [2.75, 3.05) is 0 Å². The molecule has 1 aromatic heterocycles. The van der Waals surface area contributed by atoms with Crippen LogP contribution in [0.2, 0.25) is 0 Å². The first-order valence-electron chi connectivity index (χ1n) is 8.71. The van der Waals surface area contributed by atoms with E-state index in [2.05, 4.69) is 10.4 Å². The maximum Gasteiger partial charge on any atom is 0.225 e. The molecule has 0 fully saturated rings. The Kier molecular flexibility index (Phi) is 5.35. The number of amides is 1. The number of hydrogen-bond donors (Lipinski definition) is 1. The van der Waals surface area contributed by atoms with Crippen LogP contribution < -0.4 is 5.32 Å². The number of aryl methyl sites for hydroxylation is 1. The largest absolute Gasteiger partial charge is 0.349 e. The standard InChI is InChI=1S/C21H21F2N3O/c1-13(16-7-6-8-17(22)11-16)24-21(27)12-18-14(2)25-26(15(18)3)20-10-5-4-9-19(20)23/h4-11,13H,12H2,1-3H3,(H,24,27)/t13-/m0/s1. The van der Waals surface area contributed by atoms with Crippen LogP contribution in [0.1, 0.15) is 35.5 Å². The van der Waals surface area contributed by atoms with Gasteiger partial charge in [-0.15, -0.1) is 0 Å². The predicted octanol–water partition coefficient (Wildman–Crippen LogP) is 4.19. The molecule has 0 aliphatic carbocycles. The molecule has 0 unspecified atom stereocenters. The Morgan fingerprint density at radius 2 is 1.89 bits per heavy atom. The van der Waals surface area contributed by atoms with Crippen molar-refractivity contribution in [1.82, 2.24) is 15.1 Å². The van der Waals surface area contributed by atoms with Gasteiger partial charge in [-0.25, -0.2) is 13.5 Å². The van der Waals surface area contributed by atoms with Crippen LogP contribution in [0.25, 0.3) is 5.69 Å². The second-order valence-electron chi connectivity index (χ2n) is 6.53. The van der Waals surface area contributed by atoms with Crippen LogP contribution in [0, 0.1) is 25.5 Å². The van der Waals surface area contributed by atoms with E-state index in [1.807, 2.05) is 6.92 Å². The third-order valence-corrected chi connectivity index (χ3v) is 4.59. The van der Waals surface area contributed by atoms with Crippen LogP contribution in [0.5, 0.6) is 0 Å². The number of nitrogens with zero attached hydrogens (tertiary/aromatic N) is 2. The molecule has 4 nitrogen and oxygen atoms in total. The third-order valence-electron chi connectivity index (χ3n) is 4.59. The molecule has 140 valence electrons. The minimum absolute atomic E-state index is 0.117. The monoisotopic (exact) mass is 369 g/mol. The van der Waals surface area contributed by atoms with Gasteiger partial charge in [0.05, 0.1) is 18.2 Å². The van der Waals surface area contributed by atoms with Gasteiger partial charge in [0.1, 0.15) is 17.3 Å². The number of benzene rings is 2. The summed E-state index contributed by atoms with van der Waals surface area (Å²) in [5.74, 6) is -0.920. The molecule has 0 bridgehead atoms. The van der Waals surface area contributed by atoms with E-state index in [0.29, 0.717) is 22.6 Å². The molecular formula is C21H21F2N3O. The summed E-state index contributed by atoms with van der Waals surface area (Å²) in [6.07, 6.45) is 0.117. The molecule has 0 aliphatic rings. The molecule has 1 amide bonds. The highest BCUT2D eigenvalue weighted by atomic mass is 19.1. The molecule has 0 saturated carbocycles. The highest BCUT2D eigenvalue weighted by Crippen LogP contribution is 2.21. The first-order valence-corrected chi connectivity index (χ1v) is 8.71. The fourth-order valence-electron chi connectivity index (χ4n) is 3.10. The lowest BCUT2D eigenvalue weighted by Crippen LogP contribution is -2.28. The lowest BCUT2D eigenvalue weighted by molar-refractivity contribution is -0.121. The van der Waals surface area contributed by atoms with E-state index in [1.165, 1.54) is 22.9 Å². The number of nitrogens with one attached hydrogen (secondary N) is 1. The Morgan fingerprint density at radius 1 is 1.15 bits per heavy atom. The molecule has 27 heavy (non-hydrogen) atoms. The number of rotatable bonds is 5. The maximum atomic E-state index is 14.1. The fourth-order valence-corrected chi connectivity index (χ4v) is 3.10. The highest BCUT2D eigenvalue weighted by Gasteiger charge is 2.18.